The van der Waals surface area contributed by atoms with Crippen molar-refractivity contribution in [3.05, 3.63) is 24.3 Å². The predicted molar refractivity (Wildman–Crippen MR) is 61.5 cm³/mol. The van der Waals surface area contributed by atoms with E-state index >= 15 is 0 Å². The van der Waals surface area contributed by atoms with Gasteiger partial charge in [0, 0.05) is 0 Å². The summed E-state index contributed by atoms with van der Waals surface area (Å²) in [6.07, 6.45) is -7.68. The molecule has 0 fully saturated rings. The highest BCUT2D eigenvalue weighted by atomic mass is 19.4. The van der Waals surface area contributed by atoms with Crippen LogP contribution in [0, 0.1) is 0 Å². The van der Waals surface area contributed by atoms with Gasteiger partial charge in [-0.15, -0.1) is 0 Å². The van der Waals surface area contributed by atoms with Crippen molar-refractivity contribution >= 4 is 17.6 Å². The lowest BCUT2D eigenvalue weighted by molar-refractivity contribution is -0.152. The van der Waals surface area contributed by atoms with Crippen LogP contribution in [0.3, 0.4) is 0 Å². The fourth-order valence-electron chi connectivity index (χ4n) is 1.87. The number of para-hydroxylation sites is 2. The molecule has 5 nitrogen and oxygen atoms in total. The van der Waals surface area contributed by atoms with Gasteiger partial charge in [0.2, 0.25) is 12.0 Å². The normalized spacial score (nSPS) is 18.1. The van der Waals surface area contributed by atoms with Crippen LogP contribution in [-0.2, 0) is 9.59 Å². The fraction of sp³-hybridized carbons (Fsp3) is 0.333. The van der Waals surface area contributed by atoms with E-state index in [9.17, 15) is 22.8 Å². The number of nitrogens with zero attached hydrogens (tertiary/aromatic N) is 1. The maximum Gasteiger partial charge on any atom is 0.397 e. The number of carbonyl (C=O) groups excluding carboxylic acids is 1. The molecule has 2 rings (SSSR count). The molecule has 1 aromatic carbocycles. The summed E-state index contributed by atoms with van der Waals surface area (Å²) < 4.78 is 42.0. The first kappa shape index (κ1) is 14.2. The molecule has 1 aliphatic rings. The average molecular weight is 289 g/mol. The zero-order valence-corrected chi connectivity index (χ0v) is 10.1. The number of rotatable bonds is 2. The van der Waals surface area contributed by atoms with Gasteiger partial charge < -0.3 is 14.7 Å². The minimum Gasteiger partial charge on any atom is -0.478 e. The van der Waals surface area contributed by atoms with Crippen molar-refractivity contribution in [1.29, 1.82) is 0 Å². The molecule has 0 spiro atoms. The lowest BCUT2D eigenvalue weighted by Gasteiger charge is -2.33. The predicted octanol–water partition coefficient (Wildman–Crippen LogP) is 1.82. The summed E-state index contributed by atoms with van der Waals surface area (Å²) in [7, 11) is 0. The standard InChI is InChI=1S/C12H10F3NO4/c13-12(14,15)5-10(17)16-6-9(11(18)19)20-8-4-2-1-3-7(8)16/h1-4,9H,5-6H2,(H,18,19). The van der Waals surface area contributed by atoms with Crippen LogP contribution < -0.4 is 9.64 Å². The monoisotopic (exact) mass is 289 g/mol. The number of aliphatic carboxylic acids is 1. The van der Waals surface area contributed by atoms with Crippen LogP contribution in [0.5, 0.6) is 5.75 Å². The molecule has 1 atom stereocenters. The van der Waals surface area contributed by atoms with Gasteiger partial charge in [0.05, 0.1) is 12.2 Å². The Hall–Kier alpha value is -2.25. The van der Waals surface area contributed by atoms with Crippen LogP contribution in [-0.4, -0.2) is 35.8 Å². The number of amides is 1. The second kappa shape index (κ2) is 5.03. The second-order valence-electron chi connectivity index (χ2n) is 4.21. The van der Waals surface area contributed by atoms with E-state index in [1.807, 2.05) is 0 Å². The van der Waals surface area contributed by atoms with Gasteiger partial charge in [-0.05, 0) is 12.1 Å². The van der Waals surface area contributed by atoms with Crippen LogP contribution in [0.4, 0.5) is 18.9 Å². The fourth-order valence-corrected chi connectivity index (χ4v) is 1.87. The van der Waals surface area contributed by atoms with E-state index in [0.717, 1.165) is 4.90 Å². The molecular formula is C12H10F3NO4. The van der Waals surface area contributed by atoms with Gasteiger partial charge in [-0.25, -0.2) is 4.79 Å². The molecule has 8 heteroatoms. The Morgan fingerprint density at radius 1 is 1.35 bits per heavy atom. The average Bonchev–Trinajstić information content (AvgIpc) is 2.35. The molecule has 1 N–H and O–H groups in total. The van der Waals surface area contributed by atoms with Crippen molar-refractivity contribution < 1.29 is 32.6 Å². The van der Waals surface area contributed by atoms with Gasteiger partial charge in [0.25, 0.3) is 0 Å². The third kappa shape index (κ3) is 3.01. The van der Waals surface area contributed by atoms with Crippen LogP contribution in [0.25, 0.3) is 0 Å². The number of hydrogen-bond donors (Lipinski definition) is 1. The molecule has 108 valence electrons. The van der Waals surface area contributed by atoms with Crippen molar-refractivity contribution in [3.63, 3.8) is 0 Å². The summed E-state index contributed by atoms with van der Waals surface area (Å²) in [4.78, 5) is 23.4. The van der Waals surface area contributed by atoms with Crippen molar-refractivity contribution in [2.24, 2.45) is 0 Å². The number of halogens is 3. The van der Waals surface area contributed by atoms with E-state index < -0.39 is 37.1 Å². The van der Waals surface area contributed by atoms with E-state index in [2.05, 4.69) is 0 Å². The first-order valence-electron chi connectivity index (χ1n) is 5.63. The summed E-state index contributed by atoms with van der Waals surface area (Å²) in [5.74, 6) is -2.48. The zero-order valence-electron chi connectivity index (χ0n) is 10.1. The SMILES string of the molecule is O=C(O)C1CN(C(=O)CC(F)(F)F)c2ccccc2O1. The number of carboxylic acid groups (broad SMARTS) is 1. The van der Waals surface area contributed by atoms with Crippen molar-refractivity contribution in [1.82, 2.24) is 0 Å². The summed E-state index contributed by atoms with van der Waals surface area (Å²) in [5, 5.41) is 8.91. The Bertz CT molecular complexity index is 544. The first-order chi connectivity index (χ1) is 9.28. The van der Waals surface area contributed by atoms with Gasteiger partial charge in [-0.1, -0.05) is 12.1 Å². The van der Waals surface area contributed by atoms with Gasteiger partial charge >= 0.3 is 12.1 Å². The highest BCUT2D eigenvalue weighted by molar-refractivity contribution is 5.97. The lowest BCUT2D eigenvalue weighted by Crippen LogP contribution is -2.48. The lowest BCUT2D eigenvalue weighted by atomic mass is 10.1. The van der Waals surface area contributed by atoms with Crippen molar-refractivity contribution in [2.45, 2.75) is 18.7 Å². The number of hydrogen-bond acceptors (Lipinski definition) is 3. The van der Waals surface area contributed by atoms with Crippen LogP contribution in [0.15, 0.2) is 24.3 Å². The molecule has 20 heavy (non-hydrogen) atoms. The van der Waals surface area contributed by atoms with Crippen LogP contribution in [0.1, 0.15) is 6.42 Å². The van der Waals surface area contributed by atoms with Crippen LogP contribution in [0.2, 0.25) is 0 Å². The molecular weight excluding hydrogens is 279 g/mol. The maximum absolute atomic E-state index is 12.3. The molecule has 0 radical (unpaired) electrons. The minimum atomic E-state index is -4.65. The number of carboxylic acids is 1. The topological polar surface area (TPSA) is 66.8 Å². The molecule has 0 aromatic heterocycles. The smallest absolute Gasteiger partial charge is 0.397 e. The second-order valence-corrected chi connectivity index (χ2v) is 4.21. The summed E-state index contributed by atoms with van der Waals surface area (Å²) in [6.45, 7) is -0.457. The minimum absolute atomic E-state index is 0.0710. The third-order valence-electron chi connectivity index (χ3n) is 2.70. The molecule has 0 bridgehead atoms. The Labute approximate surface area is 111 Å². The van der Waals surface area contributed by atoms with E-state index in [4.69, 9.17) is 9.84 Å². The highest BCUT2D eigenvalue weighted by Gasteiger charge is 2.38. The zero-order chi connectivity index (χ0) is 14.9. The van der Waals surface area contributed by atoms with Crippen molar-refractivity contribution in [2.75, 3.05) is 11.4 Å². The number of carbonyl (C=O) groups is 2. The first-order valence-corrected chi connectivity index (χ1v) is 5.63. The Morgan fingerprint density at radius 3 is 2.60 bits per heavy atom. The van der Waals surface area contributed by atoms with E-state index in [1.54, 1.807) is 0 Å². The molecule has 0 aliphatic carbocycles. The van der Waals surface area contributed by atoms with E-state index in [0.29, 0.717) is 0 Å². The quantitative estimate of drug-likeness (QED) is 0.901. The molecule has 1 aromatic rings. The van der Waals surface area contributed by atoms with Gasteiger partial charge in [0.15, 0.2) is 0 Å². The summed E-state index contributed by atoms with van der Waals surface area (Å²) >= 11 is 0. The largest absolute Gasteiger partial charge is 0.478 e. The van der Waals surface area contributed by atoms with Crippen molar-refractivity contribution in [3.8, 4) is 5.75 Å². The molecule has 1 amide bonds. The number of ether oxygens (including phenoxy) is 1. The van der Waals surface area contributed by atoms with Gasteiger partial charge in [-0.3, -0.25) is 4.79 Å². The molecule has 1 unspecified atom stereocenters. The Morgan fingerprint density at radius 2 is 2.00 bits per heavy atom. The molecule has 1 aliphatic heterocycles. The molecule has 0 saturated carbocycles. The van der Waals surface area contributed by atoms with E-state index in [-0.39, 0.29) is 11.4 Å². The third-order valence-corrected chi connectivity index (χ3v) is 2.70. The van der Waals surface area contributed by atoms with Gasteiger partial charge in [-0.2, -0.15) is 13.2 Å². The Balaban J connectivity index is 2.31. The summed E-state index contributed by atoms with van der Waals surface area (Å²) in [5.41, 5.74) is 0.138. The van der Waals surface area contributed by atoms with Gasteiger partial charge in [0.1, 0.15) is 12.2 Å². The number of alkyl halides is 3. The molecule has 0 saturated heterocycles. The van der Waals surface area contributed by atoms with E-state index in [1.165, 1.54) is 24.3 Å². The summed E-state index contributed by atoms with van der Waals surface area (Å²) in [6, 6.07) is 5.87. The maximum atomic E-state index is 12.3. The molecule has 1 heterocycles. The number of benzene rings is 1. The number of anilines is 1. The number of fused-ring (bicyclic) bond motifs is 1. The highest BCUT2D eigenvalue weighted by Crippen LogP contribution is 2.34. The van der Waals surface area contributed by atoms with Crippen LogP contribution >= 0.6 is 0 Å². The Kier molecular flexibility index (Phi) is 3.56.